The van der Waals surface area contributed by atoms with Crippen LogP contribution in [0.15, 0.2) is 18.5 Å². The molecule has 0 radical (unpaired) electrons. The van der Waals surface area contributed by atoms with E-state index in [1.165, 1.54) is 12.4 Å². The number of aliphatic carboxylic acids is 2. The van der Waals surface area contributed by atoms with Crippen molar-refractivity contribution in [3.63, 3.8) is 0 Å². The van der Waals surface area contributed by atoms with Gasteiger partial charge in [-0.05, 0) is 6.07 Å². The normalized spacial score (nSPS) is 20.3. The fraction of sp³-hybridized carbons (Fsp3) is 0.462. The Morgan fingerprint density at radius 1 is 1.17 bits per heavy atom. The van der Waals surface area contributed by atoms with Crippen molar-refractivity contribution in [1.82, 2.24) is 14.9 Å². The van der Waals surface area contributed by atoms with E-state index in [9.17, 15) is 19.5 Å². The quantitative estimate of drug-likeness (QED) is 0.480. The molecule has 11 nitrogen and oxygen atoms in total. The third-order valence-electron chi connectivity index (χ3n) is 3.91. The van der Waals surface area contributed by atoms with Gasteiger partial charge in [0.25, 0.3) is 0 Å². The summed E-state index contributed by atoms with van der Waals surface area (Å²) in [6, 6.07) is -1.92. The molecule has 1 aromatic rings. The number of rotatable bonds is 5. The molecule has 3 atom stereocenters. The van der Waals surface area contributed by atoms with E-state index in [1.807, 2.05) is 0 Å². The molecule has 0 bridgehead atoms. The predicted molar refractivity (Wildman–Crippen MR) is 81.1 cm³/mol. The number of nitrogens with two attached hydrogens (primary N) is 2. The maximum Gasteiger partial charge on any atom is 0.321 e. The summed E-state index contributed by atoms with van der Waals surface area (Å²) >= 11 is 0. The summed E-state index contributed by atoms with van der Waals surface area (Å²) in [6.45, 7) is 0.442. The van der Waals surface area contributed by atoms with Gasteiger partial charge in [-0.2, -0.15) is 0 Å². The Morgan fingerprint density at radius 2 is 1.79 bits per heavy atom. The Kier molecular flexibility index (Phi) is 5.14. The Balaban J connectivity index is 2.33. The number of carboxylic acids is 2. The van der Waals surface area contributed by atoms with Crippen molar-refractivity contribution in [3.05, 3.63) is 18.5 Å². The number of aromatic nitrogens is 2. The number of carbonyl (C=O) groups is 3. The van der Waals surface area contributed by atoms with Crippen LogP contribution in [0.2, 0.25) is 0 Å². The molecular weight excluding hydrogens is 320 g/mol. The molecule has 0 saturated carbocycles. The molecule has 1 aliphatic rings. The van der Waals surface area contributed by atoms with Crippen molar-refractivity contribution < 1.29 is 24.6 Å². The summed E-state index contributed by atoms with van der Waals surface area (Å²) < 4.78 is 0. The molecule has 0 aromatic carbocycles. The lowest BCUT2D eigenvalue weighted by atomic mass is 9.89. The number of carboxylic acid groups (broad SMARTS) is 2. The molecule has 2 amide bonds. The molecule has 2 rings (SSSR count). The van der Waals surface area contributed by atoms with Gasteiger partial charge >= 0.3 is 18.0 Å². The molecule has 2 unspecified atom stereocenters. The van der Waals surface area contributed by atoms with Crippen LogP contribution < -0.4 is 16.4 Å². The van der Waals surface area contributed by atoms with E-state index in [0.29, 0.717) is 12.5 Å². The Hall–Kier alpha value is -2.95. The average Bonchev–Trinajstić information content (AvgIpc) is 2.55. The maximum absolute atomic E-state index is 11.6. The molecule has 1 saturated heterocycles. The molecule has 130 valence electrons. The summed E-state index contributed by atoms with van der Waals surface area (Å²) in [5.74, 6) is -4.07. The van der Waals surface area contributed by atoms with Crippen LogP contribution >= 0.6 is 0 Å². The first-order valence-electron chi connectivity index (χ1n) is 7.12. The molecule has 6 N–H and O–H groups in total. The van der Waals surface area contributed by atoms with Crippen LogP contribution in [-0.2, 0) is 9.59 Å². The molecule has 24 heavy (non-hydrogen) atoms. The lowest BCUT2D eigenvalue weighted by Gasteiger charge is -2.43. The van der Waals surface area contributed by atoms with Crippen molar-refractivity contribution in [2.24, 2.45) is 17.4 Å². The van der Waals surface area contributed by atoms with Crippen LogP contribution in [0.3, 0.4) is 0 Å². The van der Waals surface area contributed by atoms with Crippen molar-refractivity contribution in [2.75, 3.05) is 24.5 Å². The highest BCUT2D eigenvalue weighted by atomic mass is 16.4. The van der Waals surface area contributed by atoms with E-state index >= 15 is 0 Å². The first kappa shape index (κ1) is 17.4. The van der Waals surface area contributed by atoms with Crippen molar-refractivity contribution in [1.29, 1.82) is 0 Å². The van der Waals surface area contributed by atoms with Gasteiger partial charge < -0.3 is 31.5 Å². The zero-order chi connectivity index (χ0) is 17.9. The molecule has 0 spiro atoms. The molecule has 1 aliphatic heterocycles. The van der Waals surface area contributed by atoms with Gasteiger partial charge in [-0.3, -0.25) is 9.59 Å². The number of nitrogens with zero attached hydrogens (tertiary/aromatic N) is 4. The zero-order valence-electron chi connectivity index (χ0n) is 12.6. The number of amides is 2. The second-order valence-electron chi connectivity index (χ2n) is 5.32. The molecule has 1 aromatic heterocycles. The van der Waals surface area contributed by atoms with E-state index in [-0.39, 0.29) is 13.1 Å². The van der Waals surface area contributed by atoms with Crippen molar-refractivity contribution in [2.45, 2.75) is 12.1 Å². The molecule has 0 aliphatic carbocycles. The fourth-order valence-corrected chi connectivity index (χ4v) is 2.74. The zero-order valence-corrected chi connectivity index (χ0v) is 12.6. The Labute approximate surface area is 136 Å². The van der Waals surface area contributed by atoms with Gasteiger partial charge in [-0.25, -0.2) is 14.8 Å². The number of hydrogen-bond acceptors (Lipinski definition) is 7. The smallest absolute Gasteiger partial charge is 0.321 e. The van der Waals surface area contributed by atoms with Crippen LogP contribution in [0.25, 0.3) is 0 Å². The highest BCUT2D eigenvalue weighted by Crippen LogP contribution is 2.22. The number of piperazine rings is 1. The topological polar surface area (TPSA) is 176 Å². The van der Waals surface area contributed by atoms with E-state index in [4.69, 9.17) is 16.6 Å². The van der Waals surface area contributed by atoms with Crippen LogP contribution in [0.5, 0.6) is 0 Å². The predicted octanol–water partition coefficient (Wildman–Crippen LogP) is -1.84. The summed E-state index contributed by atoms with van der Waals surface area (Å²) in [7, 11) is 0. The second kappa shape index (κ2) is 7.08. The number of carbonyl (C=O) groups excluding carboxylic acids is 1. The van der Waals surface area contributed by atoms with Crippen LogP contribution in [0.1, 0.15) is 0 Å². The second-order valence-corrected chi connectivity index (χ2v) is 5.32. The third kappa shape index (κ3) is 3.51. The summed E-state index contributed by atoms with van der Waals surface area (Å²) in [5, 5.41) is 18.5. The van der Waals surface area contributed by atoms with Gasteiger partial charge in [0.05, 0.1) is 6.04 Å². The van der Waals surface area contributed by atoms with Gasteiger partial charge in [0, 0.05) is 32.0 Å². The van der Waals surface area contributed by atoms with Crippen LogP contribution in [0, 0.1) is 5.92 Å². The van der Waals surface area contributed by atoms with E-state index in [2.05, 4.69) is 9.97 Å². The van der Waals surface area contributed by atoms with Gasteiger partial charge in [0.15, 0.2) is 0 Å². The van der Waals surface area contributed by atoms with Crippen molar-refractivity contribution >= 4 is 23.9 Å². The van der Waals surface area contributed by atoms with Crippen molar-refractivity contribution in [3.8, 4) is 0 Å². The maximum atomic E-state index is 11.6. The van der Waals surface area contributed by atoms with Gasteiger partial charge in [0.2, 0.25) is 5.95 Å². The van der Waals surface area contributed by atoms with Gasteiger partial charge in [-0.15, -0.1) is 0 Å². The van der Waals surface area contributed by atoms with E-state index in [1.54, 1.807) is 11.0 Å². The summed E-state index contributed by atoms with van der Waals surface area (Å²) in [6.07, 6.45) is 3.05. The third-order valence-corrected chi connectivity index (χ3v) is 3.91. The highest BCUT2D eigenvalue weighted by molar-refractivity contribution is 5.84. The standard InChI is InChI=1S/C13H18N6O5/c14-9(11(22)23)8(10(20)21)7-6-18(4-5-19(7)12(15)24)13-16-2-1-3-17-13/h1-3,7-9H,4-6,14H2,(H2,15,24)(H,20,21)(H,22,23)/t7?,8?,9-/m0/s1. The minimum Gasteiger partial charge on any atom is -0.481 e. The summed E-state index contributed by atoms with van der Waals surface area (Å²) in [4.78, 5) is 45.3. The van der Waals surface area contributed by atoms with E-state index in [0.717, 1.165) is 4.90 Å². The fourth-order valence-electron chi connectivity index (χ4n) is 2.74. The average molecular weight is 338 g/mol. The lowest BCUT2D eigenvalue weighted by molar-refractivity contribution is -0.152. The lowest BCUT2D eigenvalue weighted by Crippen LogP contribution is -2.64. The SMILES string of the molecule is NC(=O)N1CCN(c2ncccn2)CC1C(C(=O)O)[C@H](N)C(=O)O. The molecule has 11 heteroatoms. The Bertz CT molecular complexity index is 627. The summed E-state index contributed by atoms with van der Waals surface area (Å²) in [5.41, 5.74) is 10.8. The Morgan fingerprint density at radius 3 is 2.29 bits per heavy atom. The number of anilines is 1. The van der Waals surface area contributed by atoms with E-state index < -0.39 is 36.0 Å². The number of urea groups is 1. The highest BCUT2D eigenvalue weighted by Gasteiger charge is 2.44. The molecular formula is C13H18N6O5. The van der Waals surface area contributed by atoms with Crippen LogP contribution in [-0.4, -0.2) is 74.8 Å². The first-order valence-corrected chi connectivity index (χ1v) is 7.12. The number of primary amides is 1. The van der Waals surface area contributed by atoms with Gasteiger partial charge in [-0.1, -0.05) is 0 Å². The van der Waals surface area contributed by atoms with Crippen LogP contribution in [0.4, 0.5) is 10.7 Å². The molecule has 2 heterocycles. The first-order chi connectivity index (χ1) is 11.3. The molecule has 1 fully saturated rings. The largest absolute Gasteiger partial charge is 0.481 e. The van der Waals surface area contributed by atoms with Gasteiger partial charge in [0.1, 0.15) is 12.0 Å². The minimum absolute atomic E-state index is 0.00486. The number of hydrogen-bond donors (Lipinski definition) is 4. The monoisotopic (exact) mass is 338 g/mol. The minimum atomic E-state index is -1.69.